The summed E-state index contributed by atoms with van der Waals surface area (Å²) < 4.78 is 0. The average Bonchev–Trinajstić information content (AvgIpc) is 3.10. The van der Waals surface area contributed by atoms with Crippen LogP contribution < -0.4 is 10.2 Å². The van der Waals surface area contributed by atoms with E-state index in [1.807, 2.05) is 42.5 Å². The van der Waals surface area contributed by atoms with Crippen LogP contribution in [0, 0.1) is 12.8 Å². The van der Waals surface area contributed by atoms with Crippen molar-refractivity contribution in [1.82, 2.24) is 10.3 Å². The van der Waals surface area contributed by atoms with Crippen LogP contribution in [0.2, 0.25) is 5.02 Å². The Labute approximate surface area is 209 Å². The molecule has 5 rings (SSSR count). The van der Waals surface area contributed by atoms with E-state index in [1.54, 1.807) is 30.0 Å². The van der Waals surface area contributed by atoms with E-state index in [0.29, 0.717) is 34.0 Å². The number of carbonyl (C=O) groups is 2. The maximum atomic E-state index is 13.6. The van der Waals surface area contributed by atoms with Crippen molar-refractivity contribution in [2.24, 2.45) is 5.92 Å². The Morgan fingerprint density at radius 2 is 1.80 bits per heavy atom. The number of fused-ring (bicyclic) bond motifs is 1. The van der Waals surface area contributed by atoms with Gasteiger partial charge in [-0.3, -0.25) is 14.6 Å². The predicted molar refractivity (Wildman–Crippen MR) is 135 cm³/mol. The summed E-state index contributed by atoms with van der Waals surface area (Å²) in [5.41, 5.74) is 1.45. The smallest absolute Gasteiger partial charge is 0.268 e. The number of hydrogen-bond donors (Lipinski definition) is 2. The third-order valence-electron chi connectivity index (χ3n) is 7.25. The molecule has 0 saturated heterocycles. The van der Waals surface area contributed by atoms with Crippen LogP contribution in [0.5, 0.6) is 0 Å². The first kappa shape index (κ1) is 23.5. The second-order valence-electron chi connectivity index (χ2n) is 9.49. The molecule has 1 saturated carbocycles. The fourth-order valence-corrected chi connectivity index (χ4v) is 5.48. The van der Waals surface area contributed by atoms with Crippen molar-refractivity contribution >= 4 is 29.1 Å². The van der Waals surface area contributed by atoms with Gasteiger partial charge in [0.1, 0.15) is 0 Å². The molecule has 2 aromatic carbocycles. The zero-order valence-corrected chi connectivity index (χ0v) is 20.3. The maximum Gasteiger partial charge on any atom is 0.268 e. The van der Waals surface area contributed by atoms with Crippen molar-refractivity contribution in [2.45, 2.75) is 44.2 Å². The molecule has 0 spiro atoms. The summed E-state index contributed by atoms with van der Waals surface area (Å²) in [6.07, 6.45) is 4.96. The number of amides is 2. The van der Waals surface area contributed by atoms with E-state index in [9.17, 15) is 14.7 Å². The van der Waals surface area contributed by atoms with E-state index < -0.39 is 5.60 Å². The number of nitrogens with zero attached hydrogens (tertiary/aromatic N) is 2. The van der Waals surface area contributed by atoms with Gasteiger partial charge < -0.3 is 15.3 Å². The standard InChI is InChI=1S/C28H28ClN3O3/c1-18-23(15-21(29)16-30-18)26(33)31-22-13-11-19(12-14-22)17-32-25-10-6-5-9-24(25)28(35,27(32)34)20-7-3-2-4-8-20/h2-10,15-16,19,22,35H,11-14,17H2,1H3,(H,31,33)/t19-,22-,28?. The minimum absolute atomic E-state index is 0.0694. The van der Waals surface area contributed by atoms with Gasteiger partial charge in [0.05, 0.1) is 22.0 Å². The highest BCUT2D eigenvalue weighted by Crippen LogP contribution is 2.45. The van der Waals surface area contributed by atoms with Gasteiger partial charge in [-0.25, -0.2) is 0 Å². The molecule has 2 amide bonds. The Morgan fingerprint density at radius 3 is 2.54 bits per heavy atom. The van der Waals surface area contributed by atoms with Crippen LogP contribution in [0.4, 0.5) is 5.69 Å². The monoisotopic (exact) mass is 489 g/mol. The Kier molecular flexibility index (Phi) is 6.34. The van der Waals surface area contributed by atoms with Gasteiger partial charge in [0.25, 0.3) is 11.8 Å². The number of aryl methyl sites for hydroxylation is 1. The summed E-state index contributed by atoms with van der Waals surface area (Å²) in [6.45, 7) is 2.34. The molecule has 0 bridgehead atoms. The quantitative estimate of drug-likeness (QED) is 0.548. The average molecular weight is 490 g/mol. The van der Waals surface area contributed by atoms with Gasteiger partial charge in [0, 0.05) is 24.3 Å². The highest BCUT2D eigenvalue weighted by atomic mass is 35.5. The molecular weight excluding hydrogens is 462 g/mol. The minimum Gasteiger partial charge on any atom is -0.372 e. The molecule has 1 aliphatic carbocycles. The van der Waals surface area contributed by atoms with Crippen molar-refractivity contribution < 1.29 is 14.7 Å². The highest BCUT2D eigenvalue weighted by molar-refractivity contribution is 6.30. The zero-order valence-electron chi connectivity index (χ0n) is 19.6. The van der Waals surface area contributed by atoms with Crippen LogP contribution in [-0.2, 0) is 10.4 Å². The third kappa shape index (κ3) is 4.32. The molecule has 1 unspecified atom stereocenters. The number of rotatable bonds is 5. The van der Waals surface area contributed by atoms with Crippen LogP contribution in [0.1, 0.15) is 52.9 Å². The maximum absolute atomic E-state index is 13.6. The molecule has 2 N–H and O–H groups in total. The lowest BCUT2D eigenvalue weighted by Gasteiger charge is -2.32. The normalized spacial score (nSPS) is 23.7. The lowest BCUT2D eigenvalue weighted by Crippen LogP contribution is -2.44. The zero-order chi connectivity index (χ0) is 24.6. The van der Waals surface area contributed by atoms with Crippen LogP contribution in [0.3, 0.4) is 0 Å². The molecule has 2 aliphatic rings. The van der Waals surface area contributed by atoms with Crippen molar-refractivity contribution in [1.29, 1.82) is 0 Å². The lowest BCUT2D eigenvalue weighted by atomic mass is 9.85. The summed E-state index contributed by atoms with van der Waals surface area (Å²) in [5.74, 6) is -0.172. The van der Waals surface area contributed by atoms with E-state index >= 15 is 0 Å². The summed E-state index contributed by atoms with van der Waals surface area (Å²) in [7, 11) is 0. The fourth-order valence-electron chi connectivity index (χ4n) is 5.32. The van der Waals surface area contributed by atoms with E-state index in [1.165, 1.54) is 6.20 Å². The van der Waals surface area contributed by atoms with E-state index in [2.05, 4.69) is 10.3 Å². The van der Waals surface area contributed by atoms with E-state index in [0.717, 1.165) is 31.4 Å². The van der Waals surface area contributed by atoms with Gasteiger partial charge in [-0.05, 0) is 56.2 Å². The van der Waals surface area contributed by atoms with Crippen molar-refractivity contribution in [2.75, 3.05) is 11.4 Å². The Bertz CT molecular complexity index is 1260. The van der Waals surface area contributed by atoms with Crippen molar-refractivity contribution in [3.8, 4) is 0 Å². The van der Waals surface area contributed by atoms with Crippen LogP contribution in [0.25, 0.3) is 0 Å². The van der Waals surface area contributed by atoms with Gasteiger partial charge in [0.2, 0.25) is 0 Å². The summed E-state index contributed by atoms with van der Waals surface area (Å²) in [4.78, 5) is 32.2. The van der Waals surface area contributed by atoms with Gasteiger partial charge in [-0.15, -0.1) is 0 Å². The molecule has 7 heteroatoms. The topological polar surface area (TPSA) is 82.5 Å². The molecule has 2 heterocycles. The lowest BCUT2D eigenvalue weighted by molar-refractivity contribution is -0.132. The van der Waals surface area contributed by atoms with Gasteiger partial charge in [-0.1, -0.05) is 60.1 Å². The number of benzene rings is 2. The van der Waals surface area contributed by atoms with E-state index in [4.69, 9.17) is 11.6 Å². The minimum atomic E-state index is -1.67. The van der Waals surface area contributed by atoms with Gasteiger partial charge >= 0.3 is 0 Å². The first-order valence-corrected chi connectivity index (χ1v) is 12.4. The molecule has 1 aliphatic heterocycles. The summed E-state index contributed by atoms with van der Waals surface area (Å²) in [5, 5.41) is 15.2. The Hall–Kier alpha value is -3.22. The second kappa shape index (κ2) is 9.44. The Balaban J connectivity index is 1.26. The molecule has 3 aromatic rings. The number of carbonyl (C=O) groups excluding carboxylic acids is 2. The number of halogens is 1. The van der Waals surface area contributed by atoms with Crippen LogP contribution in [-0.4, -0.2) is 34.5 Å². The number of pyridine rings is 1. The highest BCUT2D eigenvalue weighted by Gasteiger charge is 2.51. The van der Waals surface area contributed by atoms with Crippen molar-refractivity contribution in [3.05, 3.63) is 94.3 Å². The van der Waals surface area contributed by atoms with Crippen molar-refractivity contribution in [3.63, 3.8) is 0 Å². The largest absolute Gasteiger partial charge is 0.372 e. The number of aromatic nitrogens is 1. The molecular formula is C28H28ClN3O3. The number of para-hydroxylation sites is 1. The summed E-state index contributed by atoms with van der Waals surface area (Å²) >= 11 is 6.02. The molecule has 0 radical (unpaired) electrons. The summed E-state index contributed by atoms with van der Waals surface area (Å²) in [6, 6.07) is 18.3. The number of hydrogen-bond acceptors (Lipinski definition) is 4. The van der Waals surface area contributed by atoms with Gasteiger partial charge in [-0.2, -0.15) is 0 Å². The van der Waals surface area contributed by atoms with Gasteiger partial charge in [0.15, 0.2) is 5.60 Å². The first-order valence-electron chi connectivity index (χ1n) is 12.0. The van der Waals surface area contributed by atoms with Crippen LogP contribution in [0.15, 0.2) is 66.9 Å². The van der Waals surface area contributed by atoms with E-state index in [-0.39, 0.29) is 23.8 Å². The molecule has 6 nitrogen and oxygen atoms in total. The molecule has 1 fully saturated rings. The second-order valence-corrected chi connectivity index (χ2v) is 9.92. The predicted octanol–water partition coefficient (Wildman–Crippen LogP) is 4.61. The molecule has 1 aromatic heterocycles. The third-order valence-corrected chi connectivity index (χ3v) is 7.46. The molecule has 1 atom stereocenters. The van der Waals surface area contributed by atoms with Crippen LogP contribution >= 0.6 is 11.6 Å². The molecule has 35 heavy (non-hydrogen) atoms. The first-order chi connectivity index (χ1) is 16.9. The number of nitrogens with one attached hydrogen (secondary N) is 1. The SMILES string of the molecule is Cc1ncc(Cl)cc1C(=O)N[C@H]1CC[C@H](CN2C(=O)C(O)(c3ccccc3)c3ccccc32)CC1. The molecule has 180 valence electrons. The number of aliphatic hydroxyl groups is 1. The Morgan fingerprint density at radius 1 is 1.11 bits per heavy atom. The fraction of sp³-hybridized carbons (Fsp3) is 0.321. The number of anilines is 1.